The van der Waals surface area contributed by atoms with Gasteiger partial charge in [-0.3, -0.25) is 4.90 Å². The summed E-state index contributed by atoms with van der Waals surface area (Å²) in [6.45, 7) is 10.0. The number of hydrogen-bond donors (Lipinski definition) is 1. The van der Waals surface area contributed by atoms with Crippen molar-refractivity contribution in [3.63, 3.8) is 0 Å². The van der Waals surface area contributed by atoms with E-state index in [4.69, 9.17) is 11.6 Å². The highest BCUT2D eigenvalue weighted by Crippen LogP contribution is 2.26. The van der Waals surface area contributed by atoms with Crippen LogP contribution in [0.2, 0.25) is 5.15 Å². The lowest BCUT2D eigenvalue weighted by Gasteiger charge is -2.30. The van der Waals surface area contributed by atoms with Gasteiger partial charge in [0.1, 0.15) is 5.15 Å². The monoisotopic (exact) mass is 278 g/mol. The molecule has 1 heterocycles. The zero-order chi connectivity index (χ0) is 14.0. The summed E-state index contributed by atoms with van der Waals surface area (Å²) in [5.41, 5.74) is 2.37. The normalized spacial score (nSPS) is 12.2. The molecule has 0 aliphatic rings. The van der Waals surface area contributed by atoms with Gasteiger partial charge >= 0.3 is 0 Å². The highest BCUT2D eigenvalue weighted by molar-refractivity contribution is 6.31. The van der Waals surface area contributed by atoms with Crippen molar-refractivity contribution < 1.29 is 0 Å². The molecule has 3 heteroatoms. The van der Waals surface area contributed by atoms with E-state index in [0.29, 0.717) is 12.1 Å². The Balaban J connectivity index is 2.19. The van der Waals surface area contributed by atoms with E-state index < -0.39 is 0 Å². The van der Waals surface area contributed by atoms with Gasteiger partial charge < -0.3 is 4.98 Å². The molecule has 2 nitrogen and oxygen atoms in total. The summed E-state index contributed by atoms with van der Waals surface area (Å²) in [5, 5.41) is 2.04. The summed E-state index contributed by atoms with van der Waals surface area (Å²) in [4.78, 5) is 5.75. The van der Waals surface area contributed by atoms with Gasteiger partial charge in [-0.05, 0) is 45.7 Å². The van der Waals surface area contributed by atoms with E-state index in [2.05, 4.69) is 55.8 Å². The molecule has 0 saturated carbocycles. The second-order valence-electron chi connectivity index (χ2n) is 5.64. The molecule has 0 bridgehead atoms. The van der Waals surface area contributed by atoms with Crippen LogP contribution in [0.1, 0.15) is 33.3 Å². The predicted molar refractivity (Wildman–Crippen MR) is 84.0 cm³/mol. The maximum absolute atomic E-state index is 6.34. The topological polar surface area (TPSA) is 19.0 Å². The molecule has 0 saturated heterocycles. The number of halogens is 1. The van der Waals surface area contributed by atoms with Crippen LogP contribution in [0.4, 0.5) is 0 Å². The maximum atomic E-state index is 6.34. The molecule has 2 rings (SSSR count). The van der Waals surface area contributed by atoms with Gasteiger partial charge in [-0.1, -0.05) is 29.8 Å². The Morgan fingerprint density at radius 1 is 1.11 bits per heavy atom. The Morgan fingerprint density at radius 2 is 1.74 bits per heavy atom. The lowest BCUT2D eigenvalue weighted by molar-refractivity contribution is 0.177. The van der Waals surface area contributed by atoms with E-state index in [-0.39, 0.29) is 0 Å². The first-order valence-corrected chi connectivity index (χ1v) is 7.39. The molecule has 0 radical (unpaired) electrons. The van der Waals surface area contributed by atoms with Crippen molar-refractivity contribution >= 4 is 22.5 Å². The Bertz CT molecular complexity index is 535. The zero-order valence-electron chi connectivity index (χ0n) is 12.2. The quantitative estimate of drug-likeness (QED) is 0.854. The summed E-state index contributed by atoms with van der Waals surface area (Å²) in [7, 11) is 0. The molecule has 0 fully saturated rings. The van der Waals surface area contributed by atoms with Gasteiger partial charge in [0, 0.05) is 29.5 Å². The number of H-pyrrole nitrogens is 1. The first-order chi connectivity index (χ1) is 9.00. The maximum Gasteiger partial charge on any atom is 0.110 e. The third-order valence-corrected chi connectivity index (χ3v) is 4.03. The van der Waals surface area contributed by atoms with Crippen LogP contribution in [-0.2, 0) is 6.42 Å². The van der Waals surface area contributed by atoms with Gasteiger partial charge in [0.25, 0.3) is 0 Å². The van der Waals surface area contributed by atoms with E-state index in [1.165, 1.54) is 10.9 Å². The van der Waals surface area contributed by atoms with Crippen molar-refractivity contribution in [2.24, 2.45) is 0 Å². The SMILES string of the molecule is CC(C)N(CCc1c(Cl)[nH]c2ccccc12)C(C)C. The van der Waals surface area contributed by atoms with Gasteiger partial charge in [0.2, 0.25) is 0 Å². The smallest absolute Gasteiger partial charge is 0.110 e. The molecule has 104 valence electrons. The van der Waals surface area contributed by atoms with Crippen molar-refractivity contribution in [2.75, 3.05) is 6.54 Å². The van der Waals surface area contributed by atoms with E-state index in [9.17, 15) is 0 Å². The molecule has 1 aromatic carbocycles. The third kappa shape index (κ3) is 3.13. The lowest BCUT2D eigenvalue weighted by Crippen LogP contribution is -2.38. The minimum Gasteiger partial charge on any atom is -0.345 e. The molecule has 0 aliphatic heterocycles. The number of aromatic nitrogens is 1. The molecule has 19 heavy (non-hydrogen) atoms. The number of para-hydroxylation sites is 1. The lowest BCUT2D eigenvalue weighted by atomic mass is 10.1. The molecule has 0 atom stereocenters. The molecule has 0 unspecified atom stereocenters. The van der Waals surface area contributed by atoms with Gasteiger partial charge in [0.15, 0.2) is 0 Å². The molecule has 1 N–H and O–H groups in total. The van der Waals surface area contributed by atoms with E-state index in [0.717, 1.165) is 23.6 Å². The summed E-state index contributed by atoms with van der Waals surface area (Å²) in [6.07, 6.45) is 0.985. The summed E-state index contributed by atoms with van der Waals surface area (Å²) >= 11 is 6.34. The van der Waals surface area contributed by atoms with Gasteiger partial charge in [-0.2, -0.15) is 0 Å². The second-order valence-corrected chi connectivity index (χ2v) is 6.02. The second kappa shape index (κ2) is 5.98. The standard InChI is InChI=1S/C16H23ClN2/c1-11(2)19(12(3)4)10-9-14-13-7-5-6-8-15(13)18-16(14)17/h5-8,11-12,18H,9-10H2,1-4H3. The average Bonchev–Trinajstić information content (AvgIpc) is 2.65. The van der Waals surface area contributed by atoms with Crippen LogP contribution < -0.4 is 0 Å². The summed E-state index contributed by atoms with van der Waals surface area (Å²) in [6, 6.07) is 9.44. The minimum atomic E-state index is 0.559. The molecular formula is C16H23ClN2. The molecule has 1 aromatic heterocycles. The Morgan fingerprint density at radius 3 is 2.37 bits per heavy atom. The third-order valence-electron chi connectivity index (χ3n) is 3.71. The van der Waals surface area contributed by atoms with Crippen molar-refractivity contribution in [3.05, 3.63) is 35.0 Å². The van der Waals surface area contributed by atoms with Crippen molar-refractivity contribution in [1.82, 2.24) is 9.88 Å². The van der Waals surface area contributed by atoms with Crippen LogP contribution in [0.15, 0.2) is 24.3 Å². The predicted octanol–water partition coefficient (Wildman–Crippen LogP) is 4.48. The van der Waals surface area contributed by atoms with Crippen LogP contribution >= 0.6 is 11.6 Å². The largest absolute Gasteiger partial charge is 0.345 e. The fourth-order valence-electron chi connectivity index (χ4n) is 2.77. The number of rotatable bonds is 5. The summed E-state index contributed by atoms with van der Waals surface area (Å²) in [5.74, 6) is 0. The molecular weight excluding hydrogens is 256 g/mol. The Labute approximate surface area is 120 Å². The molecule has 0 aliphatic carbocycles. The number of benzene rings is 1. The van der Waals surface area contributed by atoms with Crippen molar-refractivity contribution in [1.29, 1.82) is 0 Å². The first-order valence-electron chi connectivity index (χ1n) is 7.01. The minimum absolute atomic E-state index is 0.559. The van der Waals surface area contributed by atoms with Crippen LogP contribution in [-0.4, -0.2) is 28.5 Å². The number of hydrogen-bond acceptors (Lipinski definition) is 1. The number of nitrogens with one attached hydrogen (secondary N) is 1. The fraction of sp³-hybridized carbons (Fsp3) is 0.500. The van der Waals surface area contributed by atoms with E-state index in [1.54, 1.807) is 0 Å². The highest BCUT2D eigenvalue weighted by atomic mass is 35.5. The van der Waals surface area contributed by atoms with Crippen LogP contribution in [0.25, 0.3) is 10.9 Å². The first kappa shape index (κ1) is 14.4. The van der Waals surface area contributed by atoms with Crippen LogP contribution in [0.3, 0.4) is 0 Å². The van der Waals surface area contributed by atoms with Gasteiger partial charge in [-0.15, -0.1) is 0 Å². The average molecular weight is 279 g/mol. The number of aromatic amines is 1. The van der Waals surface area contributed by atoms with E-state index in [1.807, 2.05) is 6.07 Å². The molecule has 0 amide bonds. The van der Waals surface area contributed by atoms with Gasteiger partial charge in [0.05, 0.1) is 0 Å². The van der Waals surface area contributed by atoms with E-state index >= 15 is 0 Å². The fourth-order valence-corrected chi connectivity index (χ4v) is 3.06. The zero-order valence-corrected chi connectivity index (χ0v) is 13.0. The highest BCUT2D eigenvalue weighted by Gasteiger charge is 2.15. The summed E-state index contributed by atoms with van der Waals surface area (Å²) < 4.78 is 0. The van der Waals surface area contributed by atoms with Gasteiger partial charge in [-0.25, -0.2) is 0 Å². The Kier molecular flexibility index (Phi) is 4.54. The van der Waals surface area contributed by atoms with Crippen LogP contribution in [0.5, 0.6) is 0 Å². The van der Waals surface area contributed by atoms with Crippen molar-refractivity contribution in [2.45, 2.75) is 46.2 Å². The molecule has 0 spiro atoms. The molecule has 2 aromatic rings. The van der Waals surface area contributed by atoms with Crippen LogP contribution in [0, 0.1) is 0 Å². The Hall–Kier alpha value is -0.990. The number of nitrogens with zero attached hydrogens (tertiary/aromatic N) is 1. The van der Waals surface area contributed by atoms with Crippen molar-refractivity contribution in [3.8, 4) is 0 Å². The number of fused-ring (bicyclic) bond motifs is 1.